The molecular formula is C14H10Cl2O4S. The molecule has 0 saturated carbocycles. The van der Waals surface area contributed by atoms with Gasteiger partial charge in [-0.3, -0.25) is 0 Å². The highest BCUT2D eigenvalue weighted by atomic mass is 35.5. The van der Waals surface area contributed by atoms with E-state index >= 15 is 0 Å². The molecule has 4 nitrogen and oxygen atoms in total. The molecule has 0 spiro atoms. The average molecular weight is 345 g/mol. The van der Waals surface area contributed by atoms with Crippen LogP contribution < -0.4 is 0 Å². The van der Waals surface area contributed by atoms with E-state index in [-0.39, 0.29) is 21.2 Å². The molecule has 7 heteroatoms. The van der Waals surface area contributed by atoms with Gasteiger partial charge in [0.25, 0.3) is 0 Å². The zero-order valence-corrected chi connectivity index (χ0v) is 12.9. The molecular weight excluding hydrogens is 335 g/mol. The first-order valence-electron chi connectivity index (χ1n) is 5.80. The van der Waals surface area contributed by atoms with Crippen molar-refractivity contribution in [3.8, 4) is 0 Å². The molecule has 0 aliphatic rings. The molecule has 1 N–H and O–H groups in total. The van der Waals surface area contributed by atoms with Crippen molar-refractivity contribution in [1.82, 2.24) is 0 Å². The first-order valence-corrected chi connectivity index (χ1v) is 8.21. The Labute approximate surface area is 131 Å². The molecule has 2 aromatic rings. The molecule has 0 amide bonds. The standard InChI is InChI=1S/C14H10Cl2O4S/c15-12-4-2-1-3-9(12)8-21(19,20)10-5-6-11(14(17)18)13(16)7-10/h1-7H,8H2,(H,17,18). The number of aromatic carboxylic acids is 1. The van der Waals surface area contributed by atoms with Crippen molar-refractivity contribution in [3.63, 3.8) is 0 Å². The minimum Gasteiger partial charge on any atom is -0.478 e. The number of sulfone groups is 1. The summed E-state index contributed by atoms with van der Waals surface area (Å²) in [5.41, 5.74) is 0.325. The molecule has 0 radical (unpaired) electrons. The van der Waals surface area contributed by atoms with Crippen LogP contribution in [0.2, 0.25) is 10.0 Å². The van der Waals surface area contributed by atoms with E-state index < -0.39 is 15.8 Å². The summed E-state index contributed by atoms with van der Waals surface area (Å²) in [5, 5.41) is 9.11. The average Bonchev–Trinajstić information content (AvgIpc) is 2.40. The van der Waals surface area contributed by atoms with Crippen LogP contribution in [0, 0.1) is 0 Å². The van der Waals surface area contributed by atoms with Gasteiger partial charge in [0.05, 0.1) is 21.2 Å². The van der Waals surface area contributed by atoms with Crippen LogP contribution in [-0.4, -0.2) is 19.5 Å². The van der Waals surface area contributed by atoms with E-state index in [9.17, 15) is 13.2 Å². The highest BCUT2D eigenvalue weighted by molar-refractivity contribution is 7.90. The van der Waals surface area contributed by atoms with E-state index in [1.165, 1.54) is 12.1 Å². The van der Waals surface area contributed by atoms with E-state index in [0.29, 0.717) is 10.6 Å². The molecule has 2 aromatic carbocycles. The molecule has 0 atom stereocenters. The summed E-state index contributed by atoms with van der Waals surface area (Å²) in [4.78, 5) is 10.8. The van der Waals surface area contributed by atoms with Gasteiger partial charge in [0.1, 0.15) is 0 Å². The number of halogens is 2. The molecule has 0 unspecified atom stereocenters. The topological polar surface area (TPSA) is 71.4 Å². The van der Waals surface area contributed by atoms with Gasteiger partial charge >= 0.3 is 5.97 Å². The monoisotopic (exact) mass is 344 g/mol. The van der Waals surface area contributed by atoms with Crippen molar-refractivity contribution in [1.29, 1.82) is 0 Å². The maximum absolute atomic E-state index is 12.3. The Balaban J connectivity index is 2.39. The molecule has 0 fully saturated rings. The van der Waals surface area contributed by atoms with Crippen LogP contribution in [0.5, 0.6) is 0 Å². The maximum atomic E-state index is 12.3. The highest BCUT2D eigenvalue weighted by Crippen LogP contribution is 2.25. The number of carboxylic acids is 1. The summed E-state index contributed by atoms with van der Waals surface area (Å²) in [6, 6.07) is 10.1. The third kappa shape index (κ3) is 3.56. The van der Waals surface area contributed by atoms with Gasteiger partial charge in [-0.2, -0.15) is 0 Å². The summed E-state index contributed by atoms with van der Waals surface area (Å²) in [5.74, 6) is -1.50. The summed E-state index contributed by atoms with van der Waals surface area (Å²) < 4.78 is 24.6. The van der Waals surface area contributed by atoms with Crippen molar-refractivity contribution < 1.29 is 18.3 Å². The highest BCUT2D eigenvalue weighted by Gasteiger charge is 2.19. The van der Waals surface area contributed by atoms with E-state index in [0.717, 1.165) is 6.07 Å². The molecule has 0 bridgehead atoms. The zero-order valence-electron chi connectivity index (χ0n) is 10.6. The molecule has 0 aromatic heterocycles. The lowest BCUT2D eigenvalue weighted by Crippen LogP contribution is -2.07. The molecule has 0 aliphatic heterocycles. The summed E-state index contributed by atoms with van der Waals surface area (Å²) in [6.07, 6.45) is 0. The van der Waals surface area contributed by atoms with E-state index in [2.05, 4.69) is 0 Å². The number of hydrogen-bond donors (Lipinski definition) is 1. The number of benzene rings is 2. The molecule has 110 valence electrons. The lowest BCUT2D eigenvalue weighted by atomic mass is 10.2. The van der Waals surface area contributed by atoms with Gasteiger partial charge in [-0.05, 0) is 29.8 Å². The Kier molecular flexibility index (Phi) is 4.56. The zero-order chi connectivity index (χ0) is 15.6. The second-order valence-corrected chi connectivity index (χ2v) is 7.10. The minimum atomic E-state index is -3.66. The van der Waals surface area contributed by atoms with Crippen molar-refractivity contribution in [3.05, 3.63) is 63.6 Å². The van der Waals surface area contributed by atoms with Crippen LogP contribution in [0.3, 0.4) is 0 Å². The second-order valence-electron chi connectivity index (χ2n) is 4.30. The van der Waals surface area contributed by atoms with Crippen molar-refractivity contribution in [2.45, 2.75) is 10.6 Å². The third-order valence-electron chi connectivity index (χ3n) is 2.83. The van der Waals surface area contributed by atoms with E-state index in [1.807, 2.05) is 0 Å². The third-order valence-corrected chi connectivity index (χ3v) is 5.18. The fraction of sp³-hybridized carbons (Fsp3) is 0.0714. The predicted octanol–water partition coefficient (Wildman–Crippen LogP) is 3.67. The van der Waals surface area contributed by atoms with Crippen LogP contribution >= 0.6 is 23.2 Å². The quantitative estimate of drug-likeness (QED) is 0.918. The first kappa shape index (κ1) is 15.8. The van der Waals surface area contributed by atoms with Gasteiger partial charge in [-0.25, -0.2) is 13.2 Å². The van der Waals surface area contributed by atoms with Gasteiger partial charge in [0.15, 0.2) is 9.84 Å². The lowest BCUT2D eigenvalue weighted by Gasteiger charge is -2.08. The van der Waals surface area contributed by atoms with E-state index in [4.69, 9.17) is 28.3 Å². The van der Waals surface area contributed by atoms with E-state index in [1.54, 1.807) is 24.3 Å². The lowest BCUT2D eigenvalue weighted by molar-refractivity contribution is 0.0697. The number of carboxylic acid groups (broad SMARTS) is 1. The van der Waals surface area contributed by atoms with Gasteiger partial charge in [-0.1, -0.05) is 41.4 Å². The Bertz CT molecular complexity index is 800. The minimum absolute atomic E-state index is 0.0441. The number of rotatable bonds is 4. The molecule has 2 rings (SSSR count). The Morgan fingerprint density at radius 3 is 2.29 bits per heavy atom. The summed E-state index contributed by atoms with van der Waals surface area (Å²) in [6.45, 7) is 0. The number of hydrogen-bond acceptors (Lipinski definition) is 3. The normalized spacial score (nSPS) is 11.3. The summed E-state index contributed by atoms with van der Waals surface area (Å²) in [7, 11) is -3.66. The van der Waals surface area contributed by atoms with Crippen LogP contribution in [0.1, 0.15) is 15.9 Å². The van der Waals surface area contributed by atoms with Crippen LogP contribution in [0.15, 0.2) is 47.4 Å². The Morgan fingerprint density at radius 2 is 1.71 bits per heavy atom. The molecule has 21 heavy (non-hydrogen) atoms. The Hall–Kier alpha value is -1.56. The SMILES string of the molecule is O=C(O)c1ccc(S(=O)(=O)Cc2ccccc2Cl)cc1Cl. The van der Waals surface area contributed by atoms with Crippen LogP contribution in [-0.2, 0) is 15.6 Å². The first-order chi connectivity index (χ1) is 9.81. The largest absolute Gasteiger partial charge is 0.478 e. The van der Waals surface area contributed by atoms with Crippen molar-refractivity contribution in [2.24, 2.45) is 0 Å². The van der Waals surface area contributed by atoms with Gasteiger partial charge in [0.2, 0.25) is 0 Å². The van der Waals surface area contributed by atoms with Crippen molar-refractivity contribution >= 4 is 39.0 Å². The fourth-order valence-electron chi connectivity index (χ4n) is 1.77. The molecule has 0 aliphatic carbocycles. The number of carbonyl (C=O) groups is 1. The van der Waals surface area contributed by atoms with Gasteiger partial charge in [0, 0.05) is 5.02 Å². The maximum Gasteiger partial charge on any atom is 0.337 e. The van der Waals surface area contributed by atoms with Gasteiger partial charge in [-0.15, -0.1) is 0 Å². The van der Waals surface area contributed by atoms with Crippen LogP contribution in [0.25, 0.3) is 0 Å². The van der Waals surface area contributed by atoms with Crippen molar-refractivity contribution in [2.75, 3.05) is 0 Å². The molecule has 0 saturated heterocycles. The van der Waals surface area contributed by atoms with Crippen LogP contribution in [0.4, 0.5) is 0 Å². The molecule has 0 heterocycles. The summed E-state index contributed by atoms with van der Waals surface area (Å²) >= 11 is 11.7. The second kappa shape index (κ2) is 6.05. The smallest absolute Gasteiger partial charge is 0.337 e. The predicted molar refractivity (Wildman–Crippen MR) is 80.8 cm³/mol. The fourth-order valence-corrected chi connectivity index (χ4v) is 3.77. The van der Waals surface area contributed by atoms with Gasteiger partial charge < -0.3 is 5.11 Å². The Morgan fingerprint density at radius 1 is 1.05 bits per heavy atom.